The second kappa shape index (κ2) is 22.3. The third-order valence-electron chi connectivity index (χ3n) is 3.71. The summed E-state index contributed by atoms with van der Waals surface area (Å²) in [6, 6.07) is 0. The van der Waals surface area contributed by atoms with E-state index in [1.54, 1.807) is 0 Å². The van der Waals surface area contributed by atoms with Crippen LogP contribution in [0.1, 0.15) is 110 Å². The summed E-state index contributed by atoms with van der Waals surface area (Å²) in [5, 5.41) is 0. The van der Waals surface area contributed by atoms with Gasteiger partial charge >= 0.3 is 8.25 Å². The van der Waals surface area contributed by atoms with Crippen molar-refractivity contribution in [2.24, 2.45) is 0 Å². The average Bonchev–Trinajstić information content (AvgIpc) is 2.43. The first-order chi connectivity index (χ1) is 10.1. The highest BCUT2D eigenvalue weighted by Crippen LogP contribution is 2.13. The van der Waals surface area contributed by atoms with E-state index in [0.29, 0.717) is 0 Å². The molecule has 0 fully saturated rings. The van der Waals surface area contributed by atoms with E-state index >= 15 is 0 Å². The molecule has 0 amide bonds. The maximum absolute atomic E-state index is 8.70. The van der Waals surface area contributed by atoms with Crippen LogP contribution in [0.25, 0.3) is 0 Å². The highest BCUT2D eigenvalue weighted by Gasteiger charge is 1.93. The summed E-state index contributed by atoms with van der Waals surface area (Å²) in [6.07, 6.45) is 21.9. The summed E-state index contributed by atoms with van der Waals surface area (Å²) < 4.78 is 8.70. The molecule has 21 heavy (non-hydrogen) atoms. The van der Waals surface area contributed by atoms with Gasteiger partial charge in [-0.1, -0.05) is 110 Å². The minimum absolute atomic E-state index is 1.37. The molecule has 0 aliphatic heterocycles. The van der Waals surface area contributed by atoms with Gasteiger partial charge in [0.1, 0.15) is 0 Å². The lowest BCUT2D eigenvalue weighted by atomic mass is 10.0. The van der Waals surface area contributed by atoms with Crippen LogP contribution in [0, 0.1) is 0 Å². The molecule has 0 saturated carbocycles. The maximum atomic E-state index is 8.70. The lowest BCUT2D eigenvalue weighted by molar-refractivity contribution is 0.405. The summed E-state index contributed by atoms with van der Waals surface area (Å²) in [4.78, 5) is 14.2. The van der Waals surface area contributed by atoms with Gasteiger partial charge in [-0.25, -0.2) is 0 Å². The van der Waals surface area contributed by atoms with Gasteiger partial charge in [0.2, 0.25) is 0 Å². The van der Waals surface area contributed by atoms with E-state index in [1.807, 2.05) is 0 Å². The zero-order valence-corrected chi connectivity index (χ0v) is 15.3. The van der Waals surface area contributed by atoms with E-state index in [1.165, 1.54) is 96.3 Å². The largest absolute Gasteiger partial charge is 0.692 e. The zero-order chi connectivity index (χ0) is 16.2. The molecule has 3 nitrogen and oxygen atoms in total. The lowest BCUT2D eigenvalue weighted by Crippen LogP contribution is -1.82. The highest BCUT2D eigenvalue weighted by atomic mass is 31.1. The van der Waals surface area contributed by atoms with E-state index in [9.17, 15) is 0 Å². The smallest absolute Gasteiger partial charge is 0.134 e. The molecule has 0 spiro atoms. The minimum atomic E-state index is -2.87. The van der Waals surface area contributed by atoms with Crippen molar-refractivity contribution < 1.29 is 14.4 Å². The molecule has 0 bridgehead atoms. The second-order valence-corrected chi connectivity index (χ2v) is 6.35. The molecule has 0 aliphatic carbocycles. The van der Waals surface area contributed by atoms with Crippen LogP contribution in [0.3, 0.4) is 0 Å². The van der Waals surface area contributed by atoms with Crippen LogP contribution in [-0.4, -0.2) is 9.79 Å². The Morgan fingerprint density at radius 1 is 0.524 bits per heavy atom. The predicted octanol–water partition coefficient (Wildman–Crippen LogP) is 6.51. The molecular weight excluding hydrogens is 283 g/mol. The van der Waals surface area contributed by atoms with Crippen molar-refractivity contribution in [2.45, 2.75) is 110 Å². The first kappa shape index (κ1) is 23.3. The highest BCUT2D eigenvalue weighted by molar-refractivity contribution is 7.30. The van der Waals surface area contributed by atoms with Crippen LogP contribution in [0.2, 0.25) is 0 Å². The Labute approximate surface area is 133 Å². The van der Waals surface area contributed by atoms with Gasteiger partial charge in [0.25, 0.3) is 0 Å². The fourth-order valence-corrected chi connectivity index (χ4v) is 2.44. The van der Waals surface area contributed by atoms with Crippen molar-refractivity contribution in [1.82, 2.24) is 0 Å². The van der Waals surface area contributed by atoms with Gasteiger partial charge in [0.15, 0.2) is 0 Å². The molecular formula is C17H38O3P+. The molecule has 0 aromatic carbocycles. The fourth-order valence-electron chi connectivity index (χ4n) is 2.44. The van der Waals surface area contributed by atoms with Gasteiger partial charge < -0.3 is 0 Å². The van der Waals surface area contributed by atoms with Gasteiger partial charge in [-0.3, -0.25) is 0 Å². The molecule has 0 atom stereocenters. The van der Waals surface area contributed by atoms with Gasteiger partial charge in [-0.05, 0) is 0 Å². The van der Waals surface area contributed by atoms with Crippen molar-refractivity contribution in [3.63, 3.8) is 0 Å². The maximum Gasteiger partial charge on any atom is 0.692 e. The van der Waals surface area contributed by atoms with E-state index < -0.39 is 8.25 Å². The molecule has 2 N–H and O–H groups in total. The van der Waals surface area contributed by atoms with Crippen molar-refractivity contribution in [2.75, 3.05) is 0 Å². The van der Waals surface area contributed by atoms with Crippen molar-refractivity contribution in [3.05, 3.63) is 0 Å². The lowest BCUT2D eigenvalue weighted by Gasteiger charge is -2.02. The van der Waals surface area contributed by atoms with Gasteiger partial charge in [-0.2, -0.15) is 0 Å². The summed E-state index contributed by atoms with van der Waals surface area (Å²) in [5.74, 6) is 0. The fraction of sp³-hybridized carbons (Fsp3) is 1.00. The van der Waals surface area contributed by atoms with Gasteiger partial charge in [-0.15, -0.1) is 9.79 Å². The SMILES string of the molecule is CCCCCCCCCCCCCCCCC.O=[P+](O)O. The molecule has 0 heterocycles. The Morgan fingerprint density at radius 3 is 0.810 bits per heavy atom. The standard InChI is InChI=1S/C17H36.HO3P/c1-3-5-7-9-11-13-15-17-16-14-12-10-8-6-4-2;1-4(2)3/h3-17H2,1-2H3;(H-,1,2,3)/p+1. The third-order valence-corrected chi connectivity index (χ3v) is 3.71. The molecule has 128 valence electrons. The van der Waals surface area contributed by atoms with Gasteiger partial charge in [0, 0.05) is 4.57 Å². The minimum Gasteiger partial charge on any atom is -0.134 e. The van der Waals surface area contributed by atoms with Gasteiger partial charge in [0.05, 0.1) is 0 Å². The normalized spacial score (nSPS) is 10.1. The molecule has 0 aromatic heterocycles. The first-order valence-corrected chi connectivity index (χ1v) is 10.2. The molecule has 0 saturated heterocycles. The Morgan fingerprint density at radius 2 is 0.667 bits per heavy atom. The van der Waals surface area contributed by atoms with Crippen LogP contribution < -0.4 is 0 Å². The van der Waals surface area contributed by atoms with Crippen molar-refractivity contribution >= 4 is 8.25 Å². The van der Waals surface area contributed by atoms with E-state index in [0.717, 1.165) is 0 Å². The Balaban J connectivity index is 0. The van der Waals surface area contributed by atoms with Crippen LogP contribution in [-0.2, 0) is 4.57 Å². The number of hydrogen-bond donors (Lipinski definition) is 2. The quantitative estimate of drug-likeness (QED) is 0.283. The van der Waals surface area contributed by atoms with E-state index in [2.05, 4.69) is 13.8 Å². The molecule has 0 unspecified atom stereocenters. The molecule has 0 radical (unpaired) electrons. The van der Waals surface area contributed by atoms with Crippen molar-refractivity contribution in [1.29, 1.82) is 0 Å². The van der Waals surface area contributed by atoms with Crippen LogP contribution in [0.5, 0.6) is 0 Å². The summed E-state index contributed by atoms with van der Waals surface area (Å²) in [6.45, 7) is 4.58. The first-order valence-electron chi connectivity index (χ1n) is 9.00. The van der Waals surface area contributed by atoms with Crippen molar-refractivity contribution in [3.8, 4) is 0 Å². The average molecular weight is 321 g/mol. The summed E-state index contributed by atoms with van der Waals surface area (Å²) in [7, 11) is -2.87. The monoisotopic (exact) mass is 321 g/mol. The predicted molar refractivity (Wildman–Crippen MR) is 92.6 cm³/mol. The van der Waals surface area contributed by atoms with Crippen LogP contribution >= 0.6 is 8.25 Å². The Kier molecular flexibility index (Phi) is 24.7. The summed E-state index contributed by atoms with van der Waals surface area (Å²) in [5.41, 5.74) is 0. The zero-order valence-electron chi connectivity index (χ0n) is 14.4. The number of hydrogen-bond acceptors (Lipinski definition) is 1. The molecule has 4 heteroatoms. The summed E-state index contributed by atoms with van der Waals surface area (Å²) >= 11 is 0. The third kappa shape index (κ3) is 33.1. The second-order valence-electron chi connectivity index (χ2n) is 5.85. The number of rotatable bonds is 14. The van der Waals surface area contributed by atoms with E-state index in [4.69, 9.17) is 14.4 Å². The number of unbranched alkanes of at least 4 members (excludes halogenated alkanes) is 14. The van der Waals surface area contributed by atoms with Crippen LogP contribution in [0.4, 0.5) is 0 Å². The Bertz CT molecular complexity index is 180. The Hall–Kier alpha value is 0.0200. The topological polar surface area (TPSA) is 57.5 Å². The van der Waals surface area contributed by atoms with Crippen LogP contribution in [0.15, 0.2) is 0 Å². The van der Waals surface area contributed by atoms with E-state index in [-0.39, 0.29) is 0 Å². The molecule has 0 rings (SSSR count). The molecule has 0 aromatic rings. The molecule has 0 aliphatic rings.